The molecule has 0 saturated carbocycles. The predicted octanol–water partition coefficient (Wildman–Crippen LogP) is 4.16. The Balaban J connectivity index is 2.30. The van der Waals surface area contributed by atoms with Crippen LogP contribution in [0.1, 0.15) is 10.4 Å². The molecule has 0 aliphatic heterocycles. The number of fused-ring (bicyclic) bond motifs is 3. The molecule has 0 atom stereocenters. The molecule has 1 aromatic heterocycles. The number of para-hydroxylation sites is 1. The van der Waals surface area contributed by atoms with E-state index in [-0.39, 0.29) is 5.78 Å². The molecule has 1 heterocycles. The summed E-state index contributed by atoms with van der Waals surface area (Å²) < 4.78 is 5.72. The molecule has 0 saturated heterocycles. The van der Waals surface area contributed by atoms with Crippen LogP contribution in [0.2, 0.25) is 0 Å². The number of halogens is 1. The number of hydrogen-bond donors (Lipinski definition) is 0. The van der Waals surface area contributed by atoms with Gasteiger partial charge in [0, 0.05) is 16.3 Å². The molecule has 0 amide bonds. The molecule has 84 valence electrons. The van der Waals surface area contributed by atoms with E-state index >= 15 is 0 Å². The first-order valence-electron chi connectivity index (χ1n) is 5.30. The number of benzene rings is 2. The van der Waals surface area contributed by atoms with Crippen LogP contribution in [0.5, 0.6) is 0 Å². The molecule has 0 N–H and O–H groups in total. The first-order valence-corrected chi connectivity index (χ1v) is 6.42. The van der Waals surface area contributed by atoms with Gasteiger partial charge in [-0.15, -0.1) is 0 Å². The van der Waals surface area contributed by atoms with E-state index in [0.717, 1.165) is 21.9 Å². The van der Waals surface area contributed by atoms with E-state index in [2.05, 4.69) is 15.9 Å². The smallest absolute Gasteiger partial charge is 0.173 e. The molecule has 3 aromatic rings. The highest BCUT2D eigenvalue weighted by Crippen LogP contribution is 2.29. The fraction of sp³-hybridized carbons (Fsp3) is 0.0714. The van der Waals surface area contributed by atoms with Gasteiger partial charge in [0.2, 0.25) is 0 Å². The Morgan fingerprint density at radius 2 is 1.82 bits per heavy atom. The number of furan rings is 1. The lowest BCUT2D eigenvalue weighted by Gasteiger charge is -1.96. The van der Waals surface area contributed by atoms with Crippen molar-refractivity contribution in [1.29, 1.82) is 0 Å². The molecule has 2 aromatic carbocycles. The molecule has 0 aliphatic rings. The van der Waals surface area contributed by atoms with Gasteiger partial charge in [0.25, 0.3) is 0 Å². The third-order valence-electron chi connectivity index (χ3n) is 2.82. The van der Waals surface area contributed by atoms with Crippen molar-refractivity contribution in [2.45, 2.75) is 0 Å². The second-order valence-corrected chi connectivity index (χ2v) is 4.43. The van der Waals surface area contributed by atoms with Gasteiger partial charge in [0.1, 0.15) is 11.2 Å². The number of hydrogen-bond acceptors (Lipinski definition) is 2. The van der Waals surface area contributed by atoms with Crippen molar-refractivity contribution >= 4 is 43.7 Å². The van der Waals surface area contributed by atoms with E-state index in [0.29, 0.717) is 10.9 Å². The molecule has 17 heavy (non-hydrogen) atoms. The largest absolute Gasteiger partial charge is 0.456 e. The predicted molar refractivity (Wildman–Crippen MR) is 71.8 cm³/mol. The van der Waals surface area contributed by atoms with Crippen LogP contribution in [0.25, 0.3) is 21.9 Å². The lowest BCUT2D eigenvalue weighted by atomic mass is 10.1. The normalized spacial score (nSPS) is 11.1. The molecule has 0 spiro atoms. The maximum absolute atomic E-state index is 11.6. The fourth-order valence-electron chi connectivity index (χ4n) is 1.98. The summed E-state index contributed by atoms with van der Waals surface area (Å²) in [4.78, 5) is 11.6. The number of carbonyl (C=O) groups is 1. The highest BCUT2D eigenvalue weighted by atomic mass is 79.9. The van der Waals surface area contributed by atoms with Crippen molar-refractivity contribution in [1.82, 2.24) is 0 Å². The van der Waals surface area contributed by atoms with Gasteiger partial charge in [-0.2, -0.15) is 0 Å². The average Bonchev–Trinajstić information content (AvgIpc) is 2.75. The quantitative estimate of drug-likeness (QED) is 0.523. The zero-order valence-electron chi connectivity index (χ0n) is 8.94. The van der Waals surface area contributed by atoms with Crippen LogP contribution in [0, 0.1) is 0 Å². The third kappa shape index (κ3) is 1.67. The van der Waals surface area contributed by atoms with Crippen molar-refractivity contribution in [2.24, 2.45) is 0 Å². The molecule has 0 unspecified atom stereocenters. The Bertz CT molecular complexity index is 712. The van der Waals surface area contributed by atoms with E-state index in [4.69, 9.17) is 4.42 Å². The van der Waals surface area contributed by atoms with E-state index in [1.165, 1.54) is 0 Å². The second-order valence-electron chi connectivity index (χ2n) is 3.87. The van der Waals surface area contributed by atoms with E-state index in [1.807, 2.05) is 36.4 Å². The van der Waals surface area contributed by atoms with E-state index in [1.54, 1.807) is 6.07 Å². The molecule has 0 aliphatic carbocycles. The zero-order chi connectivity index (χ0) is 11.8. The van der Waals surface area contributed by atoms with Gasteiger partial charge in [-0.25, -0.2) is 0 Å². The summed E-state index contributed by atoms with van der Waals surface area (Å²) in [5.74, 6) is 0.0624. The second kappa shape index (κ2) is 4.00. The number of Topliss-reactive ketones (excluding diaryl/α,β-unsaturated/α-hetero) is 1. The monoisotopic (exact) mass is 288 g/mol. The summed E-state index contributed by atoms with van der Waals surface area (Å²) in [5.41, 5.74) is 2.29. The molecule has 2 nitrogen and oxygen atoms in total. The maximum atomic E-state index is 11.6. The minimum absolute atomic E-state index is 0.0624. The van der Waals surface area contributed by atoms with Gasteiger partial charge in [0.15, 0.2) is 5.78 Å². The summed E-state index contributed by atoms with van der Waals surface area (Å²) in [6.07, 6.45) is 0. The molecule has 0 fully saturated rings. The van der Waals surface area contributed by atoms with Crippen LogP contribution in [-0.2, 0) is 0 Å². The molecular formula is C14H9BrO2. The number of alkyl halides is 1. The molecule has 0 radical (unpaired) electrons. The van der Waals surface area contributed by atoms with Gasteiger partial charge in [-0.3, -0.25) is 4.79 Å². The summed E-state index contributed by atoms with van der Waals surface area (Å²) >= 11 is 3.17. The van der Waals surface area contributed by atoms with Crippen LogP contribution < -0.4 is 0 Å². The Labute approximate surface area is 106 Å². The highest BCUT2D eigenvalue weighted by molar-refractivity contribution is 9.09. The Morgan fingerprint density at radius 1 is 1.06 bits per heavy atom. The molecule has 0 bridgehead atoms. The van der Waals surface area contributed by atoms with Crippen molar-refractivity contribution in [2.75, 3.05) is 5.33 Å². The van der Waals surface area contributed by atoms with Crippen molar-refractivity contribution in [3.8, 4) is 0 Å². The van der Waals surface area contributed by atoms with Crippen molar-refractivity contribution in [3.05, 3.63) is 48.0 Å². The fourth-order valence-corrected chi connectivity index (χ4v) is 2.30. The Kier molecular flexibility index (Phi) is 2.48. The van der Waals surface area contributed by atoms with Gasteiger partial charge in [0.05, 0.1) is 5.33 Å². The van der Waals surface area contributed by atoms with E-state index in [9.17, 15) is 4.79 Å². The van der Waals surface area contributed by atoms with Crippen LogP contribution in [0.15, 0.2) is 46.9 Å². The highest BCUT2D eigenvalue weighted by Gasteiger charge is 2.09. The number of carbonyl (C=O) groups excluding carboxylic acids is 1. The van der Waals surface area contributed by atoms with Crippen LogP contribution >= 0.6 is 15.9 Å². The summed E-state index contributed by atoms with van der Waals surface area (Å²) in [5, 5.41) is 2.46. The average molecular weight is 289 g/mol. The Morgan fingerprint density at radius 3 is 2.65 bits per heavy atom. The summed E-state index contributed by atoms with van der Waals surface area (Å²) in [6, 6.07) is 13.5. The topological polar surface area (TPSA) is 30.2 Å². The SMILES string of the molecule is O=C(CBr)c1ccc2c(c1)oc1ccccc12. The maximum Gasteiger partial charge on any atom is 0.173 e. The minimum atomic E-state index is 0.0624. The standard InChI is InChI=1S/C14H9BrO2/c15-8-12(16)9-5-6-11-10-3-1-2-4-13(10)17-14(11)7-9/h1-7H,8H2. The van der Waals surface area contributed by atoms with E-state index < -0.39 is 0 Å². The van der Waals surface area contributed by atoms with Gasteiger partial charge in [-0.05, 0) is 18.2 Å². The van der Waals surface area contributed by atoms with Crippen LogP contribution in [0.4, 0.5) is 0 Å². The lowest BCUT2D eigenvalue weighted by Crippen LogP contribution is -1.98. The van der Waals surface area contributed by atoms with Crippen LogP contribution in [-0.4, -0.2) is 11.1 Å². The third-order valence-corrected chi connectivity index (χ3v) is 3.33. The molecule has 3 heteroatoms. The van der Waals surface area contributed by atoms with Gasteiger partial charge >= 0.3 is 0 Å². The van der Waals surface area contributed by atoms with Crippen molar-refractivity contribution < 1.29 is 9.21 Å². The van der Waals surface area contributed by atoms with Crippen molar-refractivity contribution in [3.63, 3.8) is 0 Å². The zero-order valence-corrected chi connectivity index (χ0v) is 10.5. The Hall–Kier alpha value is -1.61. The summed E-state index contributed by atoms with van der Waals surface area (Å²) in [7, 11) is 0. The first kappa shape index (κ1) is 10.5. The lowest BCUT2D eigenvalue weighted by molar-refractivity contribution is 0.102. The first-order chi connectivity index (χ1) is 8.29. The van der Waals surface area contributed by atoms with Gasteiger partial charge < -0.3 is 4.42 Å². The summed E-state index contributed by atoms with van der Waals surface area (Å²) in [6.45, 7) is 0. The number of rotatable bonds is 2. The minimum Gasteiger partial charge on any atom is -0.456 e. The van der Waals surface area contributed by atoms with Gasteiger partial charge in [-0.1, -0.05) is 40.2 Å². The molecular weight excluding hydrogens is 280 g/mol. The van der Waals surface area contributed by atoms with Crippen LogP contribution in [0.3, 0.4) is 0 Å². The number of ketones is 1. The molecule has 3 rings (SSSR count).